The lowest BCUT2D eigenvalue weighted by atomic mass is 9.80. The van der Waals surface area contributed by atoms with Crippen LogP contribution < -0.4 is 0 Å². The van der Waals surface area contributed by atoms with E-state index in [4.69, 9.17) is 4.74 Å². The normalized spacial score (nSPS) is 46.7. The number of carbonyl (C=O) groups is 1. The first-order valence-electron chi connectivity index (χ1n) is 6.04. The molecule has 0 spiro atoms. The molecule has 3 aliphatic rings. The molecule has 1 heterocycles. The van der Waals surface area contributed by atoms with Gasteiger partial charge in [-0.15, -0.1) is 0 Å². The van der Waals surface area contributed by atoms with Crippen LogP contribution >= 0.6 is 0 Å². The summed E-state index contributed by atoms with van der Waals surface area (Å²) in [5.41, 5.74) is 0. The Morgan fingerprint density at radius 3 is 2.71 bits per heavy atom. The summed E-state index contributed by atoms with van der Waals surface area (Å²) in [6.07, 6.45) is 8.75. The minimum absolute atomic E-state index is 0.0683. The quantitative estimate of drug-likeness (QED) is 0.554. The Hall–Kier alpha value is -0.530. The van der Waals surface area contributed by atoms with E-state index in [0.717, 1.165) is 18.3 Å². The molecule has 2 nitrogen and oxygen atoms in total. The zero-order valence-electron chi connectivity index (χ0n) is 8.58. The van der Waals surface area contributed by atoms with Crippen LogP contribution in [-0.4, -0.2) is 12.1 Å². The molecule has 0 aromatic carbocycles. The van der Waals surface area contributed by atoms with Crippen LogP contribution in [0.5, 0.6) is 0 Å². The van der Waals surface area contributed by atoms with E-state index in [-0.39, 0.29) is 12.1 Å². The van der Waals surface area contributed by atoms with Gasteiger partial charge in [0.05, 0.1) is 0 Å². The minimum Gasteiger partial charge on any atom is -0.462 e. The van der Waals surface area contributed by atoms with Crippen LogP contribution in [0.3, 0.4) is 0 Å². The van der Waals surface area contributed by atoms with Crippen LogP contribution in [0.15, 0.2) is 0 Å². The molecule has 2 unspecified atom stereocenters. The fourth-order valence-corrected chi connectivity index (χ4v) is 3.89. The summed E-state index contributed by atoms with van der Waals surface area (Å²) >= 11 is 0. The molecule has 1 aliphatic heterocycles. The third-order valence-corrected chi connectivity index (χ3v) is 4.45. The second-order valence-corrected chi connectivity index (χ2v) is 5.19. The van der Waals surface area contributed by atoms with Gasteiger partial charge in [0.2, 0.25) is 0 Å². The van der Waals surface area contributed by atoms with E-state index < -0.39 is 0 Å². The van der Waals surface area contributed by atoms with Crippen molar-refractivity contribution in [2.24, 2.45) is 17.8 Å². The summed E-state index contributed by atoms with van der Waals surface area (Å²) in [5, 5.41) is 0. The van der Waals surface area contributed by atoms with Crippen molar-refractivity contribution in [2.75, 3.05) is 0 Å². The number of ether oxygens (including phenoxy) is 1. The van der Waals surface area contributed by atoms with Crippen molar-refractivity contribution in [2.45, 2.75) is 51.0 Å². The minimum atomic E-state index is 0.0683. The largest absolute Gasteiger partial charge is 0.462 e. The number of carbonyl (C=O) groups excluding carboxylic acids is 1. The second kappa shape index (κ2) is 3.25. The number of esters is 1. The zero-order valence-corrected chi connectivity index (χ0v) is 8.58. The third-order valence-electron chi connectivity index (χ3n) is 4.45. The van der Waals surface area contributed by atoms with Gasteiger partial charge in [-0.25, -0.2) is 0 Å². The van der Waals surface area contributed by atoms with Crippen molar-refractivity contribution >= 4 is 5.97 Å². The molecule has 4 atom stereocenters. The fraction of sp³-hybridized carbons (Fsp3) is 0.917. The molecular weight excluding hydrogens is 176 g/mol. The molecule has 0 N–H and O–H groups in total. The maximum atomic E-state index is 11.4. The molecule has 0 amide bonds. The number of hydrogen-bond acceptors (Lipinski definition) is 2. The molecule has 78 valence electrons. The standard InChI is InChI=1S/C12H18O2/c13-11-7-9-6-5-8-3-1-2-4-10(14-11)12(8)9/h8-10,12H,1-7H2/t8-,9?,10+,12?/m0/s1. The summed E-state index contributed by atoms with van der Waals surface area (Å²) in [5.74, 6) is 2.35. The lowest BCUT2D eigenvalue weighted by Gasteiger charge is -2.34. The summed E-state index contributed by atoms with van der Waals surface area (Å²) in [6.45, 7) is 0. The number of hydrogen-bond donors (Lipinski definition) is 0. The molecule has 0 radical (unpaired) electrons. The SMILES string of the molecule is O=C1CC2CC[C@@H]3CCCC[C@@H](O1)C23. The van der Waals surface area contributed by atoms with Gasteiger partial charge in [0.15, 0.2) is 0 Å². The van der Waals surface area contributed by atoms with Gasteiger partial charge in [-0.2, -0.15) is 0 Å². The molecular formula is C12H18O2. The maximum Gasteiger partial charge on any atom is 0.306 e. The van der Waals surface area contributed by atoms with Crippen LogP contribution in [0.4, 0.5) is 0 Å². The van der Waals surface area contributed by atoms with Crippen molar-refractivity contribution < 1.29 is 9.53 Å². The first kappa shape index (κ1) is 8.75. The second-order valence-electron chi connectivity index (χ2n) is 5.19. The Labute approximate surface area is 85.0 Å². The van der Waals surface area contributed by atoms with Crippen molar-refractivity contribution in [3.63, 3.8) is 0 Å². The summed E-state index contributed by atoms with van der Waals surface area (Å²) < 4.78 is 5.51. The van der Waals surface area contributed by atoms with Crippen molar-refractivity contribution in [1.82, 2.24) is 0 Å². The van der Waals surface area contributed by atoms with Gasteiger partial charge in [0.25, 0.3) is 0 Å². The van der Waals surface area contributed by atoms with Crippen LogP contribution in [0, 0.1) is 17.8 Å². The monoisotopic (exact) mass is 194 g/mol. The highest BCUT2D eigenvalue weighted by atomic mass is 16.5. The molecule has 3 fully saturated rings. The van der Waals surface area contributed by atoms with E-state index in [1.807, 2.05) is 0 Å². The maximum absolute atomic E-state index is 11.4. The Morgan fingerprint density at radius 2 is 1.79 bits per heavy atom. The van der Waals surface area contributed by atoms with E-state index in [1.54, 1.807) is 0 Å². The van der Waals surface area contributed by atoms with Gasteiger partial charge < -0.3 is 4.74 Å². The Bertz CT molecular complexity index is 249. The van der Waals surface area contributed by atoms with Crippen LogP contribution in [0.2, 0.25) is 0 Å². The van der Waals surface area contributed by atoms with E-state index in [2.05, 4.69) is 0 Å². The average Bonchev–Trinajstić information content (AvgIpc) is 2.43. The van der Waals surface area contributed by atoms with E-state index in [1.165, 1.54) is 32.1 Å². The Kier molecular flexibility index (Phi) is 2.03. The third kappa shape index (κ3) is 1.27. The van der Waals surface area contributed by atoms with E-state index >= 15 is 0 Å². The Balaban J connectivity index is 1.86. The molecule has 2 heteroatoms. The highest BCUT2D eigenvalue weighted by Gasteiger charge is 2.47. The lowest BCUT2D eigenvalue weighted by molar-refractivity contribution is -0.163. The molecule has 1 saturated heterocycles. The van der Waals surface area contributed by atoms with E-state index in [9.17, 15) is 4.79 Å². The molecule has 2 saturated carbocycles. The summed E-state index contributed by atoms with van der Waals surface area (Å²) in [4.78, 5) is 11.4. The van der Waals surface area contributed by atoms with Crippen molar-refractivity contribution in [1.29, 1.82) is 0 Å². The van der Waals surface area contributed by atoms with Crippen molar-refractivity contribution in [3.8, 4) is 0 Å². The van der Waals surface area contributed by atoms with Crippen LogP contribution in [0.25, 0.3) is 0 Å². The van der Waals surface area contributed by atoms with E-state index in [0.29, 0.717) is 12.3 Å². The molecule has 0 bridgehead atoms. The number of rotatable bonds is 0. The zero-order chi connectivity index (χ0) is 9.54. The van der Waals surface area contributed by atoms with Gasteiger partial charge >= 0.3 is 5.97 Å². The molecule has 14 heavy (non-hydrogen) atoms. The predicted octanol–water partition coefficient (Wildman–Crippen LogP) is 2.52. The predicted molar refractivity (Wildman–Crippen MR) is 52.7 cm³/mol. The van der Waals surface area contributed by atoms with Gasteiger partial charge in [0.1, 0.15) is 6.10 Å². The summed E-state index contributed by atoms with van der Waals surface area (Å²) in [7, 11) is 0. The van der Waals surface area contributed by atoms with Crippen molar-refractivity contribution in [3.05, 3.63) is 0 Å². The topological polar surface area (TPSA) is 26.3 Å². The average molecular weight is 194 g/mol. The van der Waals surface area contributed by atoms with Gasteiger partial charge in [-0.3, -0.25) is 4.79 Å². The smallest absolute Gasteiger partial charge is 0.306 e. The van der Waals surface area contributed by atoms with Gasteiger partial charge in [-0.05, 0) is 37.5 Å². The van der Waals surface area contributed by atoms with Crippen LogP contribution in [-0.2, 0) is 9.53 Å². The highest BCUT2D eigenvalue weighted by molar-refractivity contribution is 5.71. The lowest BCUT2D eigenvalue weighted by Crippen LogP contribution is -2.38. The van der Waals surface area contributed by atoms with Gasteiger partial charge in [0, 0.05) is 12.3 Å². The van der Waals surface area contributed by atoms with Crippen LogP contribution in [0.1, 0.15) is 44.9 Å². The van der Waals surface area contributed by atoms with Gasteiger partial charge in [-0.1, -0.05) is 12.8 Å². The fourth-order valence-electron chi connectivity index (χ4n) is 3.89. The first-order valence-corrected chi connectivity index (χ1v) is 6.04. The first-order chi connectivity index (χ1) is 6.84. The molecule has 0 aromatic heterocycles. The molecule has 0 aromatic rings. The Morgan fingerprint density at radius 1 is 1.00 bits per heavy atom. The summed E-state index contributed by atoms with van der Waals surface area (Å²) in [6, 6.07) is 0. The highest BCUT2D eigenvalue weighted by Crippen LogP contribution is 2.49. The molecule has 3 rings (SSSR count). The molecule has 2 aliphatic carbocycles.